The van der Waals surface area contributed by atoms with E-state index in [1.165, 1.54) is 0 Å². The Labute approximate surface area is 79.7 Å². The van der Waals surface area contributed by atoms with Gasteiger partial charge in [0.05, 0.1) is 18.3 Å². The van der Waals surface area contributed by atoms with E-state index in [2.05, 4.69) is 6.92 Å². The number of aliphatic hydroxyl groups is 2. The summed E-state index contributed by atoms with van der Waals surface area (Å²) in [7, 11) is 0. The monoisotopic (exact) mass is 188 g/mol. The van der Waals surface area contributed by atoms with Gasteiger partial charge in [-0.1, -0.05) is 6.92 Å². The maximum Gasteiger partial charge on any atom is 0.0604 e. The summed E-state index contributed by atoms with van der Waals surface area (Å²) in [6.45, 7) is 2.29. The minimum absolute atomic E-state index is 0.154. The number of ether oxygens (including phenoxy) is 1. The molecule has 1 aliphatic heterocycles. The van der Waals surface area contributed by atoms with Gasteiger partial charge >= 0.3 is 0 Å². The van der Waals surface area contributed by atoms with Crippen molar-refractivity contribution < 1.29 is 14.9 Å². The van der Waals surface area contributed by atoms with E-state index in [-0.39, 0.29) is 24.9 Å². The highest BCUT2D eigenvalue weighted by Crippen LogP contribution is 2.24. The Bertz CT molecular complexity index is 138. The molecule has 13 heavy (non-hydrogen) atoms. The lowest BCUT2D eigenvalue weighted by atomic mass is 9.97. The highest BCUT2D eigenvalue weighted by Gasteiger charge is 2.26. The molecule has 1 rings (SSSR count). The van der Waals surface area contributed by atoms with Gasteiger partial charge in [-0.25, -0.2) is 0 Å². The molecule has 78 valence electrons. The first-order chi connectivity index (χ1) is 6.26. The van der Waals surface area contributed by atoms with Crippen molar-refractivity contribution in [1.82, 2.24) is 0 Å². The summed E-state index contributed by atoms with van der Waals surface area (Å²) in [6.07, 6.45) is 4.27. The molecule has 1 aliphatic rings. The van der Waals surface area contributed by atoms with Crippen LogP contribution in [0.15, 0.2) is 0 Å². The van der Waals surface area contributed by atoms with E-state index in [9.17, 15) is 5.11 Å². The molecule has 0 amide bonds. The molecule has 0 aromatic rings. The van der Waals surface area contributed by atoms with Gasteiger partial charge in [-0.15, -0.1) is 0 Å². The standard InChI is InChI=1S/C10H20O3/c1-2-9-6-8(12)7-10(13-9)4-3-5-11/h8-12H,2-7H2,1H3/t8-,9+,10+/m0/s1. The largest absolute Gasteiger partial charge is 0.396 e. The molecule has 2 N–H and O–H groups in total. The smallest absolute Gasteiger partial charge is 0.0604 e. The lowest BCUT2D eigenvalue weighted by Gasteiger charge is -2.32. The van der Waals surface area contributed by atoms with Gasteiger partial charge in [0.15, 0.2) is 0 Å². The van der Waals surface area contributed by atoms with Crippen molar-refractivity contribution in [3.63, 3.8) is 0 Å². The van der Waals surface area contributed by atoms with E-state index in [1.54, 1.807) is 0 Å². The van der Waals surface area contributed by atoms with E-state index in [0.29, 0.717) is 0 Å². The predicted molar refractivity (Wildman–Crippen MR) is 50.5 cm³/mol. The van der Waals surface area contributed by atoms with Crippen LogP contribution in [0, 0.1) is 0 Å². The summed E-state index contributed by atoms with van der Waals surface area (Å²) >= 11 is 0. The number of rotatable bonds is 4. The zero-order valence-electron chi connectivity index (χ0n) is 8.28. The predicted octanol–water partition coefficient (Wildman–Crippen LogP) is 1.08. The molecule has 0 saturated carbocycles. The average molecular weight is 188 g/mol. The van der Waals surface area contributed by atoms with Gasteiger partial charge in [0.1, 0.15) is 0 Å². The molecule has 0 unspecified atom stereocenters. The molecule has 3 nitrogen and oxygen atoms in total. The molecule has 0 aromatic heterocycles. The fourth-order valence-electron chi connectivity index (χ4n) is 1.85. The average Bonchev–Trinajstić information content (AvgIpc) is 2.14. The quantitative estimate of drug-likeness (QED) is 0.694. The van der Waals surface area contributed by atoms with Gasteiger partial charge < -0.3 is 14.9 Å². The summed E-state index contributed by atoms with van der Waals surface area (Å²) in [5, 5.41) is 18.2. The lowest BCUT2D eigenvalue weighted by molar-refractivity contribution is -0.0998. The van der Waals surface area contributed by atoms with Crippen molar-refractivity contribution in [3.05, 3.63) is 0 Å². The van der Waals surface area contributed by atoms with Crippen LogP contribution in [0.4, 0.5) is 0 Å². The number of hydrogen-bond acceptors (Lipinski definition) is 3. The second kappa shape index (κ2) is 5.58. The van der Waals surface area contributed by atoms with Gasteiger partial charge in [-0.2, -0.15) is 0 Å². The van der Waals surface area contributed by atoms with Crippen LogP contribution in [0.25, 0.3) is 0 Å². The minimum Gasteiger partial charge on any atom is -0.396 e. The Morgan fingerprint density at radius 2 is 2.00 bits per heavy atom. The molecule has 0 aromatic carbocycles. The zero-order valence-corrected chi connectivity index (χ0v) is 8.28. The van der Waals surface area contributed by atoms with E-state index >= 15 is 0 Å². The van der Waals surface area contributed by atoms with Crippen LogP contribution in [0.2, 0.25) is 0 Å². The van der Waals surface area contributed by atoms with E-state index in [4.69, 9.17) is 9.84 Å². The lowest BCUT2D eigenvalue weighted by Crippen LogP contribution is -2.35. The summed E-state index contributed by atoms with van der Waals surface area (Å²) in [5.74, 6) is 0. The van der Waals surface area contributed by atoms with Crippen molar-refractivity contribution >= 4 is 0 Å². The number of aliphatic hydroxyl groups excluding tert-OH is 2. The third-order valence-electron chi connectivity index (χ3n) is 2.59. The fraction of sp³-hybridized carbons (Fsp3) is 1.00. The number of hydrogen-bond donors (Lipinski definition) is 2. The van der Waals surface area contributed by atoms with Crippen molar-refractivity contribution in [1.29, 1.82) is 0 Å². The van der Waals surface area contributed by atoms with Crippen LogP contribution in [0.5, 0.6) is 0 Å². The normalized spacial score (nSPS) is 34.8. The first-order valence-electron chi connectivity index (χ1n) is 5.20. The van der Waals surface area contributed by atoms with Crippen molar-refractivity contribution in [2.45, 2.75) is 57.3 Å². The van der Waals surface area contributed by atoms with Crippen molar-refractivity contribution in [3.8, 4) is 0 Å². The molecular weight excluding hydrogens is 168 g/mol. The molecule has 0 radical (unpaired) electrons. The van der Waals surface area contributed by atoms with E-state index < -0.39 is 0 Å². The molecule has 3 atom stereocenters. The summed E-state index contributed by atoms with van der Waals surface area (Å²) < 4.78 is 5.74. The zero-order chi connectivity index (χ0) is 9.68. The first kappa shape index (κ1) is 11.0. The summed E-state index contributed by atoms with van der Waals surface area (Å²) in [5.41, 5.74) is 0. The fourth-order valence-corrected chi connectivity index (χ4v) is 1.85. The maximum atomic E-state index is 9.54. The Balaban J connectivity index is 2.29. The van der Waals surface area contributed by atoms with E-state index in [1.807, 2.05) is 0 Å². The van der Waals surface area contributed by atoms with Crippen molar-refractivity contribution in [2.75, 3.05) is 6.61 Å². The SMILES string of the molecule is CC[C@@H]1C[C@H](O)C[C@@H](CCCO)O1. The third kappa shape index (κ3) is 3.63. The minimum atomic E-state index is -0.206. The Morgan fingerprint density at radius 3 is 2.62 bits per heavy atom. The topological polar surface area (TPSA) is 49.7 Å². The second-order valence-electron chi connectivity index (χ2n) is 3.78. The van der Waals surface area contributed by atoms with Gasteiger partial charge in [-0.05, 0) is 32.1 Å². The van der Waals surface area contributed by atoms with Crippen LogP contribution in [-0.2, 0) is 4.74 Å². The van der Waals surface area contributed by atoms with Crippen LogP contribution < -0.4 is 0 Å². The third-order valence-corrected chi connectivity index (χ3v) is 2.59. The second-order valence-corrected chi connectivity index (χ2v) is 3.78. The van der Waals surface area contributed by atoms with Crippen LogP contribution in [0.3, 0.4) is 0 Å². The molecule has 0 spiro atoms. The summed E-state index contributed by atoms with van der Waals surface area (Å²) in [6, 6.07) is 0. The van der Waals surface area contributed by atoms with Crippen LogP contribution >= 0.6 is 0 Å². The van der Waals surface area contributed by atoms with Gasteiger partial charge in [-0.3, -0.25) is 0 Å². The molecule has 1 heterocycles. The molecule has 1 fully saturated rings. The van der Waals surface area contributed by atoms with Gasteiger partial charge in [0, 0.05) is 6.61 Å². The van der Waals surface area contributed by atoms with Crippen LogP contribution in [-0.4, -0.2) is 35.1 Å². The molecular formula is C10H20O3. The Morgan fingerprint density at radius 1 is 1.31 bits per heavy atom. The maximum absolute atomic E-state index is 9.54. The van der Waals surface area contributed by atoms with Gasteiger partial charge in [0.2, 0.25) is 0 Å². The first-order valence-corrected chi connectivity index (χ1v) is 5.20. The highest BCUT2D eigenvalue weighted by molar-refractivity contribution is 4.76. The summed E-state index contributed by atoms with van der Waals surface area (Å²) in [4.78, 5) is 0. The highest BCUT2D eigenvalue weighted by atomic mass is 16.5. The van der Waals surface area contributed by atoms with Crippen LogP contribution in [0.1, 0.15) is 39.0 Å². The Hall–Kier alpha value is -0.120. The van der Waals surface area contributed by atoms with Gasteiger partial charge in [0.25, 0.3) is 0 Å². The molecule has 0 bridgehead atoms. The Kier molecular flexibility index (Phi) is 4.70. The molecule has 0 aliphatic carbocycles. The molecule has 1 saturated heterocycles. The molecule has 3 heteroatoms. The van der Waals surface area contributed by atoms with Crippen molar-refractivity contribution in [2.24, 2.45) is 0 Å². The van der Waals surface area contributed by atoms with E-state index in [0.717, 1.165) is 32.1 Å².